The molecule has 1 N–H and O–H groups in total. The van der Waals surface area contributed by atoms with Crippen molar-refractivity contribution in [2.45, 2.75) is 31.7 Å². The number of rotatable bonds is 5. The van der Waals surface area contributed by atoms with E-state index in [1.54, 1.807) is 0 Å². The number of nitro benzene ring substituents is 1. The number of aliphatic hydroxyl groups is 1. The largest absolute Gasteiger partial charge is 0.395 e. The van der Waals surface area contributed by atoms with E-state index in [2.05, 4.69) is 0 Å². The molecule has 0 aliphatic carbocycles. The van der Waals surface area contributed by atoms with Crippen molar-refractivity contribution in [1.29, 1.82) is 0 Å². The SMILES string of the molecule is O=C(CN1CCCCCC1CO)c1ccc([N+](=O)[O-])cc1. The van der Waals surface area contributed by atoms with Crippen molar-refractivity contribution in [3.05, 3.63) is 39.9 Å². The van der Waals surface area contributed by atoms with Crippen LogP contribution in [0.25, 0.3) is 0 Å². The molecule has 1 aliphatic heterocycles. The van der Waals surface area contributed by atoms with Gasteiger partial charge in [-0.2, -0.15) is 0 Å². The number of nitro groups is 1. The fraction of sp³-hybridized carbons (Fsp3) is 0.533. The van der Waals surface area contributed by atoms with Gasteiger partial charge in [0.25, 0.3) is 5.69 Å². The van der Waals surface area contributed by atoms with Gasteiger partial charge in [-0.3, -0.25) is 19.8 Å². The van der Waals surface area contributed by atoms with Crippen LogP contribution < -0.4 is 0 Å². The summed E-state index contributed by atoms with van der Waals surface area (Å²) in [5.74, 6) is -0.0646. The number of nitrogens with zero attached hydrogens (tertiary/aromatic N) is 2. The second-order valence-corrected chi connectivity index (χ2v) is 5.38. The molecule has 0 radical (unpaired) electrons. The third kappa shape index (κ3) is 4.09. The highest BCUT2D eigenvalue weighted by Gasteiger charge is 2.23. The predicted octanol–water partition coefficient (Wildman–Crippen LogP) is 2.01. The van der Waals surface area contributed by atoms with Crippen LogP contribution in [0.5, 0.6) is 0 Å². The minimum atomic E-state index is -0.481. The van der Waals surface area contributed by atoms with Gasteiger partial charge in [0.15, 0.2) is 5.78 Å². The van der Waals surface area contributed by atoms with Crippen LogP contribution in [0.2, 0.25) is 0 Å². The molecule has 0 amide bonds. The number of non-ortho nitro benzene ring substituents is 1. The van der Waals surface area contributed by atoms with Crippen LogP contribution in [0.15, 0.2) is 24.3 Å². The monoisotopic (exact) mass is 292 g/mol. The number of hydrogen-bond acceptors (Lipinski definition) is 5. The molecule has 1 atom stereocenters. The van der Waals surface area contributed by atoms with Crippen LogP contribution in [0, 0.1) is 10.1 Å². The topological polar surface area (TPSA) is 83.7 Å². The van der Waals surface area contributed by atoms with Crippen LogP contribution in [0.3, 0.4) is 0 Å². The summed E-state index contributed by atoms with van der Waals surface area (Å²) in [4.78, 5) is 24.4. The van der Waals surface area contributed by atoms with Crippen molar-refractivity contribution in [1.82, 2.24) is 4.90 Å². The van der Waals surface area contributed by atoms with E-state index in [1.807, 2.05) is 4.90 Å². The maximum absolute atomic E-state index is 12.3. The zero-order chi connectivity index (χ0) is 15.2. The first-order chi connectivity index (χ1) is 10.1. The van der Waals surface area contributed by atoms with Gasteiger partial charge in [-0.15, -0.1) is 0 Å². The molecule has 0 bridgehead atoms. The predicted molar refractivity (Wildman–Crippen MR) is 78.3 cm³/mol. The Kier molecular flexibility index (Phi) is 5.41. The van der Waals surface area contributed by atoms with Gasteiger partial charge in [-0.25, -0.2) is 0 Å². The summed E-state index contributed by atoms with van der Waals surface area (Å²) in [7, 11) is 0. The lowest BCUT2D eigenvalue weighted by atomic mass is 10.1. The molecular formula is C15H20N2O4. The lowest BCUT2D eigenvalue weighted by Crippen LogP contribution is -2.40. The average Bonchev–Trinajstić information content (AvgIpc) is 2.72. The molecule has 0 aromatic heterocycles. The van der Waals surface area contributed by atoms with E-state index in [4.69, 9.17) is 0 Å². The van der Waals surface area contributed by atoms with E-state index in [9.17, 15) is 20.0 Å². The molecule has 0 saturated carbocycles. The van der Waals surface area contributed by atoms with Gasteiger partial charge in [0, 0.05) is 23.7 Å². The van der Waals surface area contributed by atoms with Gasteiger partial charge in [-0.1, -0.05) is 12.8 Å². The molecular weight excluding hydrogens is 272 g/mol. The Morgan fingerprint density at radius 3 is 2.62 bits per heavy atom. The molecule has 1 heterocycles. The average molecular weight is 292 g/mol. The first-order valence-electron chi connectivity index (χ1n) is 7.24. The van der Waals surface area contributed by atoms with E-state index >= 15 is 0 Å². The minimum Gasteiger partial charge on any atom is -0.395 e. The standard InChI is InChI=1S/C15H20N2O4/c18-11-14-4-2-1-3-9-16(14)10-15(19)12-5-7-13(8-6-12)17(20)21/h5-8,14,18H,1-4,9-11H2. The summed E-state index contributed by atoms with van der Waals surface area (Å²) < 4.78 is 0. The summed E-state index contributed by atoms with van der Waals surface area (Å²) >= 11 is 0. The Bertz CT molecular complexity index is 501. The third-order valence-electron chi connectivity index (χ3n) is 3.96. The Balaban J connectivity index is 2.03. The molecule has 1 aliphatic rings. The summed E-state index contributed by atoms with van der Waals surface area (Å²) in [5.41, 5.74) is 0.455. The molecule has 21 heavy (non-hydrogen) atoms. The number of benzene rings is 1. The number of ketones is 1. The zero-order valence-corrected chi connectivity index (χ0v) is 11.9. The lowest BCUT2D eigenvalue weighted by Gasteiger charge is -2.27. The molecule has 1 aromatic rings. The van der Waals surface area contributed by atoms with Gasteiger partial charge in [0.05, 0.1) is 18.1 Å². The van der Waals surface area contributed by atoms with Crippen molar-refractivity contribution in [2.75, 3.05) is 19.7 Å². The first-order valence-corrected chi connectivity index (χ1v) is 7.24. The molecule has 1 saturated heterocycles. The summed E-state index contributed by atoms with van der Waals surface area (Å²) in [6, 6.07) is 5.71. The highest BCUT2D eigenvalue weighted by atomic mass is 16.6. The number of Topliss-reactive ketones (excluding diaryl/α,β-unsaturated/α-hetero) is 1. The lowest BCUT2D eigenvalue weighted by molar-refractivity contribution is -0.384. The molecule has 1 aromatic carbocycles. The van der Waals surface area contributed by atoms with Crippen LogP contribution in [0.4, 0.5) is 5.69 Å². The third-order valence-corrected chi connectivity index (χ3v) is 3.96. The Morgan fingerprint density at radius 2 is 2.00 bits per heavy atom. The summed E-state index contributed by atoms with van der Waals surface area (Å²) in [6.45, 7) is 1.13. The van der Waals surface area contributed by atoms with Crippen molar-refractivity contribution < 1.29 is 14.8 Å². The van der Waals surface area contributed by atoms with E-state index in [0.717, 1.165) is 32.2 Å². The highest BCUT2D eigenvalue weighted by molar-refractivity contribution is 5.97. The zero-order valence-electron chi connectivity index (χ0n) is 11.9. The first kappa shape index (κ1) is 15.6. The normalized spacial score (nSPS) is 20.0. The number of aliphatic hydroxyl groups excluding tert-OH is 1. The Hall–Kier alpha value is -1.79. The Labute approximate surface area is 123 Å². The second-order valence-electron chi connectivity index (χ2n) is 5.38. The fourth-order valence-electron chi connectivity index (χ4n) is 2.70. The molecule has 0 spiro atoms. The van der Waals surface area contributed by atoms with E-state index in [0.29, 0.717) is 5.56 Å². The van der Waals surface area contributed by atoms with Crippen LogP contribution in [-0.4, -0.2) is 46.5 Å². The maximum atomic E-state index is 12.3. The minimum absolute atomic E-state index is 0.0189. The molecule has 1 unspecified atom stereocenters. The maximum Gasteiger partial charge on any atom is 0.269 e. The van der Waals surface area contributed by atoms with Crippen LogP contribution >= 0.6 is 0 Å². The van der Waals surface area contributed by atoms with Gasteiger partial charge >= 0.3 is 0 Å². The van der Waals surface area contributed by atoms with Crippen LogP contribution in [0.1, 0.15) is 36.0 Å². The smallest absolute Gasteiger partial charge is 0.269 e. The van der Waals surface area contributed by atoms with Crippen molar-refractivity contribution in [3.63, 3.8) is 0 Å². The molecule has 1 fully saturated rings. The van der Waals surface area contributed by atoms with Crippen molar-refractivity contribution in [3.8, 4) is 0 Å². The van der Waals surface area contributed by atoms with Gasteiger partial charge < -0.3 is 5.11 Å². The van der Waals surface area contributed by atoms with E-state index < -0.39 is 4.92 Å². The molecule has 6 nitrogen and oxygen atoms in total. The van der Waals surface area contributed by atoms with Crippen LogP contribution in [-0.2, 0) is 0 Å². The fourth-order valence-corrected chi connectivity index (χ4v) is 2.70. The van der Waals surface area contributed by atoms with E-state index in [-0.39, 0.29) is 30.7 Å². The quantitative estimate of drug-likeness (QED) is 0.510. The number of hydrogen-bond donors (Lipinski definition) is 1. The highest BCUT2D eigenvalue weighted by Crippen LogP contribution is 2.18. The summed E-state index contributed by atoms with van der Waals surface area (Å²) in [6.07, 6.45) is 4.14. The van der Waals surface area contributed by atoms with E-state index in [1.165, 1.54) is 24.3 Å². The number of carbonyl (C=O) groups excluding carboxylic acids is 1. The van der Waals surface area contributed by atoms with Crippen molar-refractivity contribution in [2.24, 2.45) is 0 Å². The van der Waals surface area contributed by atoms with Gasteiger partial charge in [0.1, 0.15) is 0 Å². The molecule has 2 rings (SSSR count). The Morgan fingerprint density at radius 1 is 1.29 bits per heavy atom. The number of carbonyl (C=O) groups is 1. The molecule has 6 heteroatoms. The van der Waals surface area contributed by atoms with Crippen molar-refractivity contribution >= 4 is 11.5 Å². The van der Waals surface area contributed by atoms with Gasteiger partial charge in [-0.05, 0) is 31.5 Å². The molecule has 114 valence electrons. The number of likely N-dealkylation sites (tertiary alicyclic amines) is 1. The van der Waals surface area contributed by atoms with Gasteiger partial charge in [0.2, 0.25) is 0 Å². The second kappa shape index (κ2) is 7.28. The summed E-state index contributed by atoms with van der Waals surface area (Å²) in [5, 5.41) is 20.0.